The lowest BCUT2D eigenvalue weighted by Gasteiger charge is -2.23. The Balaban J connectivity index is 1.84. The number of aromatic nitrogens is 1. The average Bonchev–Trinajstić information content (AvgIpc) is 2.81. The number of nitro benzene ring substituents is 1. The highest BCUT2D eigenvalue weighted by molar-refractivity contribution is 7.89. The summed E-state index contributed by atoms with van der Waals surface area (Å²) in [7, 11) is -3.72. The predicted molar refractivity (Wildman–Crippen MR) is 94.7 cm³/mol. The molecule has 0 atom stereocenters. The third-order valence-electron chi connectivity index (χ3n) is 4.44. The Morgan fingerprint density at radius 2 is 1.88 bits per heavy atom. The highest BCUT2D eigenvalue weighted by atomic mass is 32.2. The van der Waals surface area contributed by atoms with Crippen LogP contribution in [-0.2, 0) is 10.0 Å². The molecule has 2 aromatic rings. The fraction of sp³-hybridized carbons (Fsp3) is 0.438. The summed E-state index contributed by atoms with van der Waals surface area (Å²) in [5.74, 6) is 0.266. The molecule has 0 bridgehead atoms. The summed E-state index contributed by atoms with van der Waals surface area (Å²) < 4.78 is 32.3. The summed E-state index contributed by atoms with van der Waals surface area (Å²) in [4.78, 5) is 12.8. The molecule has 0 unspecified atom stereocenters. The van der Waals surface area contributed by atoms with Gasteiger partial charge >= 0.3 is 0 Å². The van der Waals surface area contributed by atoms with Gasteiger partial charge in [0.2, 0.25) is 10.0 Å². The largest absolute Gasteiger partial charge is 0.365 e. The quantitative estimate of drug-likeness (QED) is 0.590. The molecule has 3 rings (SSSR count). The summed E-state index contributed by atoms with van der Waals surface area (Å²) in [6.07, 6.45) is 0.564. The van der Waals surface area contributed by atoms with Crippen LogP contribution in [0.2, 0.25) is 0 Å². The van der Waals surface area contributed by atoms with Crippen LogP contribution >= 0.6 is 0 Å². The summed E-state index contributed by atoms with van der Waals surface area (Å²) >= 11 is 0. The molecule has 0 radical (unpaired) electrons. The van der Waals surface area contributed by atoms with Crippen LogP contribution in [0.3, 0.4) is 0 Å². The van der Waals surface area contributed by atoms with Crippen LogP contribution in [-0.4, -0.2) is 49.0 Å². The van der Waals surface area contributed by atoms with Crippen molar-refractivity contribution in [2.45, 2.75) is 25.2 Å². The van der Waals surface area contributed by atoms with Gasteiger partial charge in [0.15, 0.2) is 5.76 Å². The summed E-state index contributed by atoms with van der Waals surface area (Å²) in [5, 5.41) is 15.0. The molecule has 1 aliphatic rings. The first-order valence-corrected chi connectivity index (χ1v) is 9.68. The maximum Gasteiger partial charge on any atom is 0.292 e. The number of nitrogens with zero attached hydrogens (tertiary/aromatic N) is 4. The van der Waals surface area contributed by atoms with E-state index in [1.165, 1.54) is 10.4 Å². The minimum atomic E-state index is -3.72. The van der Waals surface area contributed by atoms with Gasteiger partial charge in [-0.05, 0) is 26.3 Å². The lowest BCUT2D eigenvalue weighted by molar-refractivity contribution is -0.384. The minimum absolute atomic E-state index is 0.0227. The number of para-hydroxylation sites is 2. The van der Waals surface area contributed by atoms with Crippen LogP contribution in [0, 0.1) is 24.0 Å². The number of hydrogen-bond donors (Lipinski definition) is 0. The first-order valence-electron chi connectivity index (χ1n) is 8.23. The van der Waals surface area contributed by atoms with Crippen LogP contribution in [0.15, 0.2) is 33.7 Å². The summed E-state index contributed by atoms with van der Waals surface area (Å²) in [6.45, 7) is 4.65. The number of nitro groups is 1. The number of anilines is 1. The molecule has 0 N–H and O–H groups in total. The molecular formula is C16H20N4O5S. The third kappa shape index (κ3) is 3.29. The molecule has 1 aromatic carbocycles. The topological polar surface area (TPSA) is 110 Å². The Hall–Kier alpha value is -2.46. The molecule has 9 nitrogen and oxygen atoms in total. The third-order valence-corrected chi connectivity index (χ3v) is 6.58. The van der Waals surface area contributed by atoms with Crippen molar-refractivity contribution >= 4 is 21.4 Å². The Morgan fingerprint density at radius 1 is 1.15 bits per heavy atom. The second-order valence-electron chi connectivity index (χ2n) is 6.14. The molecule has 1 saturated heterocycles. The molecule has 0 spiro atoms. The van der Waals surface area contributed by atoms with E-state index in [0.29, 0.717) is 37.4 Å². The van der Waals surface area contributed by atoms with Crippen molar-refractivity contribution in [2.75, 3.05) is 31.1 Å². The maximum absolute atomic E-state index is 13.0. The van der Waals surface area contributed by atoms with E-state index in [2.05, 4.69) is 5.16 Å². The van der Waals surface area contributed by atoms with Gasteiger partial charge in [-0.1, -0.05) is 17.3 Å². The van der Waals surface area contributed by atoms with E-state index in [-0.39, 0.29) is 22.9 Å². The molecule has 140 valence electrons. The van der Waals surface area contributed by atoms with Gasteiger partial charge in [-0.2, -0.15) is 4.31 Å². The van der Waals surface area contributed by atoms with Gasteiger partial charge in [0.25, 0.3) is 5.69 Å². The first kappa shape index (κ1) is 18.3. The molecular weight excluding hydrogens is 360 g/mol. The lowest BCUT2D eigenvalue weighted by Crippen LogP contribution is -2.35. The zero-order chi connectivity index (χ0) is 18.9. The van der Waals surface area contributed by atoms with E-state index in [1.807, 2.05) is 4.90 Å². The van der Waals surface area contributed by atoms with Crippen molar-refractivity contribution in [3.63, 3.8) is 0 Å². The molecule has 26 heavy (non-hydrogen) atoms. The molecule has 0 saturated carbocycles. The first-order chi connectivity index (χ1) is 12.3. The predicted octanol–water partition coefficient (Wildman–Crippen LogP) is 2.10. The number of benzene rings is 1. The van der Waals surface area contributed by atoms with Crippen LogP contribution in [0.4, 0.5) is 11.4 Å². The van der Waals surface area contributed by atoms with Crippen molar-refractivity contribution in [2.24, 2.45) is 0 Å². The van der Waals surface area contributed by atoms with Crippen LogP contribution in [0.1, 0.15) is 17.9 Å². The van der Waals surface area contributed by atoms with E-state index in [0.717, 1.165) is 0 Å². The van der Waals surface area contributed by atoms with Crippen molar-refractivity contribution < 1.29 is 17.9 Å². The van der Waals surface area contributed by atoms with Crippen molar-refractivity contribution in [1.82, 2.24) is 9.46 Å². The zero-order valence-electron chi connectivity index (χ0n) is 14.6. The number of sulfonamides is 1. The van der Waals surface area contributed by atoms with Gasteiger partial charge in [0.1, 0.15) is 16.3 Å². The Bertz CT molecular complexity index is 905. The lowest BCUT2D eigenvalue weighted by atomic mass is 10.2. The van der Waals surface area contributed by atoms with E-state index in [1.54, 1.807) is 32.0 Å². The van der Waals surface area contributed by atoms with E-state index < -0.39 is 14.9 Å². The van der Waals surface area contributed by atoms with E-state index in [9.17, 15) is 18.5 Å². The SMILES string of the molecule is Cc1noc(C)c1S(=O)(=O)N1CCCN(c2ccccc2[N+](=O)[O-])CC1. The molecule has 0 aliphatic carbocycles. The molecule has 0 amide bonds. The Labute approximate surface area is 151 Å². The maximum atomic E-state index is 13.0. The van der Waals surface area contributed by atoms with Crippen molar-refractivity contribution in [3.05, 3.63) is 45.8 Å². The van der Waals surface area contributed by atoms with Gasteiger partial charge in [-0.15, -0.1) is 0 Å². The zero-order valence-corrected chi connectivity index (χ0v) is 15.4. The molecule has 1 fully saturated rings. The summed E-state index contributed by atoms with van der Waals surface area (Å²) in [6, 6.07) is 6.51. The molecule has 2 heterocycles. The van der Waals surface area contributed by atoms with Crippen molar-refractivity contribution in [3.8, 4) is 0 Å². The van der Waals surface area contributed by atoms with E-state index >= 15 is 0 Å². The van der Waals surface area contributed by atoms with Crippen molar-refractivity contribution in [1.29, 1.82) is 0 Å². The Kier molecular flexibility index (Phi) is 4.97. The highest BCUT2D eigenvalue weighted by Gasteiger charge is 2.33. The van der Waals surface area contributed by atoms with Gasteiger partial charge < -0.3 is 9.42 Å². The van der Waals surface area contributed by atoms with Gasteiger partial charge in [0, 0.05) is 32.2 Å². The standard InChI is InChI=1S/C16H20N4O5S/c1-12-16(13(2)25-17-12)26(23,24)19-9-5-8-18(10-11-19)14-6-3-4-7-15(14)20(21)22/h3-4,6-7H,5,8-11H2,1-2H3. The molecule has 1 aliphatic heterocycles. The molecule has 10 heteroatoms. The second kappa shape index (κ2) is 7.04. The molecule has 1 aromatic heterocycles. The number of aryl methyl sites for hydroxylation is 2. The van der Waals surface area contributed by atoms with Gasteiger partial charge in [-0.3, -0.25) is 10.1 Å². The Morgan fingerprint density at radius 3 is 2.54 bits per heavy atom. The van der Waals surface area contributed by atoms with E-state index in [4.69, 9.17) is 4.52 Å². The van der Waals surface area contributed by atoms with Crippen LogP contribution in [0.5, 0.6) is 0 Å². The highest BCUT2D eigenvalue weighted by Crippen LogP contribution is 2.30. The normalized spacial score (nSPS) is 16.5. The fourth-order valence-corrected chi connectivity index (χ4v) is 4.99. The number of rotatable bonds is 4. The second-order valence-corrected chi connectivity index (χ2v) is 8.02. The minimum Gasteiger partial charge on any atom is -0.365 e. The van der Waals surface area contributed by atoms with Gasteiger partial charge in [0.05, 0.1) is 4.92 Å². The fourth-order valence-electron chi connectivity index (χ4n) is 3.23. The monoisotopic (exact) mass is 380 g/mol. The van der Waals surface area contributed by atoms with Gasteiger partial charge in [-0.25, -0.2) is 8.42 Å². The average molecular weight is 380 g/mol. The van der Waals surface area contributed by atoms with Crippen LogP contribution < -0.4 is 4.90 Å². The number of hydrogen-bond acceptors (Lipinski definition) is 7. The van der Waals surface area contributed by atoms with Crippen LogP contribution in [0.25, 0.3) is 0 Å². The smallest absolute Gasteiger partial charge is 0.292 e. The summed E-state index contributed by atoms with van der Waals surface area (Å²) in [5.41, 5.74) is 0.867.